The number of benzene rings is 4. The molecule has 4 aromatic carbocycles. The number of fused-ring (bicyclic) bond motifs is 7. The molecule has 1 unspecified atom stereocenters. The van der Waals surface area contributed by atoms with Crippen molar-refractivity contribution in [2.24, 2.45) is 5.92 Å². The lowest BCUT2D eigenvalue weighted by Gasteiger charge is -2.46. The molecule has 2 saturated carbocycles. The van der Waals surface area contributed by atoms with Gasteiger partial charge in [0.1, 0.15) is 0 Å². The van der Waals surface area contributed by atoms with E-state index in [9.17, 15) is 0 Å². The van der Waals surface area contributed by atoms with Crippen LogP contribution in [-0.4, -0.2) is 11.1 Å². The molecule has 2 fully saturated rings. The molecule has 9 rings (SSSR count). The Labute approximate surface area is 408 Å². The first-order valence-electron chi connectivity index (χ1n) is 25.5. The molecule has 0 bridgehead atoms. The summed E-state index contributed by atoms with van der Waals surface area (Å²) in [5.74, 6) is 1.34. The third-order valence-electron chi connectivity index (χ3n) is 15.5. The van der Waals surface area contributed by atoms with Gasteiger partial charge in [-0.15, -0.1) is 6.58 Å². The molecule has 0 aliphatic heterocycles. The highest BCUT2D eigenvalue weighted by Gasteiger charge is 2.44. The van der Waals surface area contributed by atoms with E-state index >= 15 is 0 Å². The summed E-state index contributed by atoms with van der Waals surface area (Å²) in [4.78, 5) is 4.63. The fourth-order valence-electron chi connectivity index (χ4n) is 11.7. The van der Waals surface area contributed by atoms with Crippen molar-refractivity contribution < 1.29 is 0 Å². The van der Waals surface area contributed by atoms with Crippen LogP contribution in [0.2, 0.25) is 0 Å². The normalized spacial score (nSPS) is 23.0. The lowest BCUT2D eigenvalue weighted by Crippen LogP contribution is -2.36. The number of aromatic nitrogens is 1. The Balaban J connectivity index is 0.000000202. The number of pyridine rings is 1. The summed E-state index contributed by atoms with van der Waals surface area (Å²) < 4.78 is 0. The first kappa shape index (κ1) is 51.3. The maximum absolute atomic E-state index is 4.63. The van der Waals surface area contributed by atoms with Crippen LogP contribution in [0.3, 0.4) is 0 Å². The molecule has 1 aromatic heterocycles. The number of hydrogen-bond donors (Lipinski definition) is 0. The summed E-state index contributed by atoms with van der Waals surface area (Å²) in [6.07, 6.45) is 24.9. The number of nitrogens with zero attached hydrogens (tertiary/aromatic N) is 1. The molecule has 1 heterocycles. The zero-order chi connectivity index (χ0) is 48.1. The lowest BCUT2D eigenvalue weighted by atomic mass is 9.58. The van der Waals surface area contributed by atoms with Gasteiger partial charge >= 0.3 is 0 Å². The van der Waals surface area contributed by atoms with E-state index in [2.05, 4.69) is 181 Å². The largest absolute Gasteiger partial charge is 0.261 e. The number of aryl methyl sites for hydroxylation is 1. The van der Waals surface area contributed by atoms with Gasteiger partial charge in [0.05, 0.1) is 0 Å². The molecule has 5 aromatic rings. The van der Waals surface area contributed by atoms with Gasteiger partial charge in [-0.25, -0.2) is 0 Å². The van der Waals surface area contributed by atoms with Crippen LogP contribution >= 0.6 is 8.58 Å². The Bertz CT molecular complexity index is 2630. The van der Waals surface area contributed by atoms with Crippen LogP contribution in [0, 0.1) is 12.8 Å². The minimum atomic E-state index is 0.269. The summed E-state index contributed by atoms with van der Waals surface area (Å²) in [5.41, 5.74) is 19.0. The zero-order valence-corrected chi connectivity index (χ0v) is 43.5. The van der Waals surface area contributed by atoms with Crippen molar-refractivity contribution in [3.05, 3.63) is 215 Å². The molecular formula is C65H80NP. The maximum Gasteiger partial charge on any atom is 0.0379 e. The van der Waals surface area contributed by atoms with E-state index in [1.807, 2.05) is 26.8 Å². The minimum Gasteiger partial charge on any atom is -0.261 e. The van der Waals surface area contributed by atoms with Crippen LogP contribution in [-0.2, 0) is 17.3 Å². The van der Waals surface area contributed by atoms with Gasteiger partial charge in [0.15, 0.2) is 0 Å². The van der Waals surface area contributed by atoms with Crippen molar-refractivity contribution in [1.29, 1.82) is 0 Å². The van der Waals surface area contributed by atoms with E-state index < -0.39 is 0 Å². The minimum absolute atomic E-state index is 0.269. The van der Waals surface area contributed by atoms with Crippen LogP contribution in [0.4, 0.5) is 0 Å². The fraction of sp³-hybridized carbons (Fsp3) is 0.369. The van der Waals surface area contributed by atoms with Gasteiger partial charge in [0.2, 0.25) is 0 Å². The number of hydrogen-bond acceptors (Lipinski definition) is 1. The molecule has 350 valence electrons. The monoisotopic (exact) mass is 906 g/mol. The molecule has 0 amide bonds. The summed E-state index contributed by atoms with van der Waals surface area (Å²) in [5, 5.41) is 4.18. The molecule has 1 atom stereocenters. The van der Waals surface area contributed by atoms with Crippen molar-refractivity contribution in [3.63, 3.8) is 0 Å². The second kappa shape index (κ2) is 23.8. The second-order valence-electron chi connectivity index (χ2n) is 19.3. The third-order valence-corrected chi connectivity index (χ3v) is 17.0. The van der Waals surface area contributed by atoms with Gasteiger partial charge in [-0.2, -0.15) is 0 Å². The summed E-state index contributed by atoms with van der Waals surface area (Å²) in [6.45, 7) is 33.0. The average Bonchev–Trinajstić information content (AvgIpc) is 3.38. The molecule has 2 spiro atoms. The van der Waals surface area contributed by atoms with Gasteiger partial charge < -0.3 is 0 Å². The SMILES string of the molecule is C=C/C(=C\C)CPC(=C)C1CCC2(CC1)CC(=C/C)/C(=C(/C)C(=C)CC)c1ccccc12.C=CC.CC.Cc1cc2c(cn1)CC1(CCC(c3ccc4ccccc4c3)CC1)c1ccccc1-2. The standard InChI is InChI=1S/C31H41P.C29H27N.C3H6.C2H6/c1-8-22(5)23(6)30-26(11-4)20-31(29-15-13-12-14-28(29)30)18-16-27(17-19-31)24(7)32-21-25(9-2)10-3;1-20-16-27-25(19-30-20)18-29(28-9-5-4-8-26(27)28)14-12-22(13-15-29)24-11-10-21-6-2-3-7-23(21)17-24;1-3-2;1-2/h9-15,27,32H,2,5,7-8,16-21H2,1,3-4,6H3;2-11,16-17,19,22H,12-15,18H2,1H3;3H,1H2,2H3;1-2H3/b25-10+,26-11-,30-23+;;;. The zero-order valence-electron chi connectivity index (χ0n) is 42.5. The molecule has 0 radical (unpaired) electrons. The summed E-state index contributed by atoms with van der Waals surface area (Å²) >= 11 is 0. The summed E-state index contributed by atoms with van der Waals surface area (Å²) in [6, 6.07) is 36.4. The topological polar surface area (TPSA) is 12.9 Å². The predicted octanol–water partition coefficient (Wildman–Crippen LogP) is 19.1. The molecule has 2 heteroatoms. The lowest BCUT2D eigenvalue weighted by molar-refractivity contribution is 0.251. The van der Waals surface area contributed by atoms with Gasteiger partial charge in [0.25, 0.3) is 0 Å². The predicted molar refractivity (Wildman–Crippen MR) is 299 cm³/mol. The van der Waals surface area contributed by atoms with Gasteiger partial charge in [-0.1, -0.05) is 175 Å². The first-order valence-corrected chi connectivity index (χ1v) is 26.7. The van der Waals surface area contributed by atoms with Crippen molar-refractivity contribution in [2.45, 2.75) is 143 Å². The number of rotatable bonds is 8. The molecule has 67 heavy (non-hydrogen) atoms. The van der Waals surface area contributed by atoms with Gasteiger partial charge in [0, 0.05) is 22.7 Å². The Kier molecular flexibility index (Phi) is 18.2. The molecular weight excluding hydrogens is 826 g/mol. The van der Waals surface area contributed by atoms with Crippen molar-refractivity contribution in [3.8, 4) is 11.1 Å². The molecule has 1 nitrogen and oxygen atoms in total. The van der Waals surface area contributed by atoms with Crippen molar-refractivity contribution in [1.82, 2.24) is 4.98 Å². The van der Waals surface area contributed by atoms with Crippen LogP contribution < -0.4 is 0 Å². The quantitative estimate of drug-likeness (QED) is 0.0859. The van der Waals surface area contributed by atoms with Crippen LogP contribution in [0.15, 0.2) is 181 Å². The molecule has 4 aliphatic rings. The maximum atomic E-state index is 4.63. The Morgan fingerprint density at radius 1 is 0.731 bits per heavy atom. The van der Waals surface area contributed by atoms with E-state index in [0.29, 0.717) is 11.8 Å². The highest BCUT2D eigenvalue weighted by atomic mass is 31.1. The third kappa shape index (κ3) is 11.3. The smallest absolute Gasteiger partial charge is 0.0379 e. The van der Waals surface area contributed by atoms with Gasteiger partial charge in [-0.3, -0.25) is 4.98 Å². The van der Waals surface area contributed by atoms with E-state index in [-0.39, 0.29) is 10.8 Å². The molecule has 0 saturated heterocycles. The van der Waals surface area contributed by atoms with Crippen molar-refractivity contribution >= 4 is 24.9 Å². The van der Waals surface area contributed by atoms with E-state index in [1.54, 1.807) is 17.2 Å². The number of allylic oxidation sites excluding steroid dienone is 10. The highest BCUT2D eigenvalue weighted by Crippen LogP contribution is 2.56. The Hall–Kier alpha value is -5.10. The Morgan fingerprint density at radius 3 is 1.94 bits per heavy atom. The van der Waals surface area contributed by atoms with Crippen LogP contribution in [0.25, 0.3) is 27.5 Å². The first-order chi connectivity index (χ1) is 32.5. The van der Waals surface area contributed by atoms with Crippen LogP contribution in [0.1, 0.15) is 152 Å². The van der Waals surface area contributed by atoms with E-state index in [4.69, 9.17) is 0 Å². The molecule has 0 N–H and O–H groups in total. The van der Waals surface area contributed by atoms with E-state index in [0.717, 1.165) is 39.7 Å². The van der Waals surface area contributed by atoms with Gasteiger partial charge in [-0.05, 0) is 201 Å². The Morgan fingerprint density at radius 2 is 1.31 bits per heavy atom. The fourth-order valence-corrected chi connectivity index (χ4v) is 13.0. The van der Waals surface area contributed by atoms with Crippen molar-refractivity contribution in [2.75, 3.05) is 6.16 Å². The average molecular weight is 906 g/mol. The highest BCUT2D eigenvalue weighted by molar-refractivity contribution is 7.43. The summed E-state index contributed by atoms with van der Waals surface area (Å²) in [7, 11) is 0.814. The van der Waals surface area contributed by atoms with E-state index in [1.165, 1.54) is 123 Å². The molecule has 4 aliphatic carbocycles. The second-order valence-corrected chi connectivity index (χ2v) is 20.6. The van der Waals surface area contributed by atoms with Crippen LogP contribution in [0.5, 0.6) is 0 Å².